The largest absolute Gasteiger partial charge is 0.460 e. The lowest BCUT2D eigenvalue weighted by Gasteiger charge is -2.20. The van der Waals surface area contributed by atoms with Crippen molar-refractivity contribution in [3.05, 3.63) is 124 Å². The average molecular weight is 927 g/mol. The molecule has 2 N–H and O–H groups in total. The zero-order valence-corrected chi connectivity index (χ0v) is 36.4. The van der Waals surface area contributed by atoms with Crippen LogP contribution in [0.25, 0.3) is 0 Å². The molecule has 316 valence electrons. The van der Waals surface area contributed by atoms with Crippen molar-refractivity contribution in [2.75, 3.05) is 0 Å². The minimum atomic E-state index is -0.788. The standard InChI is InChI=1S/C23H26ClFN2O6.C17H15BrClFN2O4/c1-22(2,3)26-21(29)13-7-8-18(17(10-13)27(30)31)32-19-12-16(25)14(9-15(19)24)11-20(28)33-23(4,5)6;1-17(2,3)21-16(23)9-4-5-14(13(6-9)22(24)25)26-15-8-12(20)10(18)7-11(15)19/h7-10,12H,11H2,1-6H3,(H,26,29);4-8H,1-3H3,(H,21,23). The molecule has 0 bridgehead atoms. The molecule has 59 heavy (non-hydrogen) atoms. The molecule has 4 rings (SSSR count). The molecule has 0 saturated carbocycles. The van der Waals surface area contributed by atoms with E-state index in [9.17, 15) is 43.4 Å². The van der Waals surface area contributed by atoms with Gasteiger partial charge in [-0.05, 0) is 115 Å². The molecule has 0 aliphatic carbocycles. The highest BCUT2D eigenvalue weighted by molar-refractivity contribution is 9.10. The lowest BCUT2D eigenvalue weighted by Crippen LogP contribution is -2.40. The number of hydrogen-bond acceptors (Lipinski definition) is 10. The van der Waals surface area contributed by atoms with Gasteiger partial charge in [-0.3, -0.25) is 34.6 Å². The maximum absolute atomic E-state index is 14.6. The average Bonchev–Trinajstić information content (AvgIpc) is 3.07. The number of esters is 1. The molecule has 0 heterocycles. The summed E-state index contributed by atoms with van der Waals surface area (Å²) >= 11 is 15.1. The molecule has 4 aromatic carbocycles. The lowest BCUT2D eigenvalue weighted by molar-refractivity contribution is -0.385. The third-order valence-corrected chi connectivity index (χ3v) is 8.28. The first-order chi connectivity index (χ1) is 27.0. The van der Waals surface area contributed by atoms with E-state index in [-0.39, 0.29) is 60.6 Å². The summed E-state index contributed by atoms with van der Waals surface area (Å²) in [5.74, 6) is -3.66. The summed E-state index contributed by atoms with van der Waals surface area (Å²) in [6, 6.07) is 11.8. The summed E-state index contributed by atoms with van der Waals surface area (Å²) < 4.78 is 44.5. The molecule has 4 aromatic rings. The van der Waals surface area contributed by atoms with Gasteiger partial charge in [-0.15, -0.1) is 0 Å². The number of amides is 2. The Morgan fingerprint density at radius 1 is 0.661 bits per heavy atom. The number of carbonyl (C=O) groups is 3. The summed E-state index contributed by atoms with van der Waals surface area (Å²) in [7, 11) is 0. The number of nitro groups is 2. The molecule has 0 atom stereocenters. The highest BCUT2D eigenvalue weighted by Gasteiger charge is 2.25. The fourth-order valence-electron chi connectivity index (χ4n) is 4.74. The molecule has 0 saturated heterocycles. The van der Waals surface area contributed by atoms with Crippen molar-refractivity contribution in [2.24, 2.45) is 0 Å². The fourth-order valence-corrected chi connectivity index (χ4v) is 5.64. The molecule has 0 radical (unpaired) electrons. The Morgan fingerprint density at radius 2 is 1.07 bits per heavy atom. The second kappa shape index (κ2) is 19.1. The number of halogens is 5. The molecule has 0 aromatic heterocycles. The predicted octanol–water partition coefficient (Wildman–Crippen LogP) is 11.1. The summed E-state index contributed by atoms with van der Waals surface area (Å²) in [5.41, 5.74) is -2.53. The smallest absolute Gasteiger partial charge is 0.312 e. The molecular formula is C40H41BrCl2F2N4O10. The number of rotatable bonds is 10. The van der Waals surface area contributed by atoms with Gasteiger partial charge in [-0.1, -0.05) is 23.2 Å². The number of hydrogen-bond donors (Lipinski definition) is 2. The van der Waals surface area contributed by atoms with E-state index in [0.717, 1.165) is 24.3 Å². The normalized spacial score (nSPS) is 11.4. The molecule has 2 amide bonds. The van der Waals surface area contributed by atoms with Crippen molar-refractivity contribution in [2.45, 2.75) is 85.4 Å². The summed E-state index contributed by atoms with van der Waals surface area (Å²) in [6.07, 6.45) is -0.346. The van der Waals surface area contributed by atoms with E-state index in [2.05, 4.69) is 26.6 Å². The van der Waals surface area contributed by atoms with Gasteiger partial charge in [-0.25, -0.2) is 8.78 Å². The molecule has 0 spiro atoms. The molecule has 0 unspecified atom stereocenters. The summed E-state index contributed by atoms with van der Waals surface area (Å²) in [6.45, 7) is 15.8. The molecule has 14 nitrogen and oxygen atoms in total. The minimum absolute atomic E-state index is 0.00898. The minimum Gasteiger partial charge on any atom is -0.460 e. The van der Waals surface area contributed by atoms with Crippen molar-refractivity contribution >= 4 is 68.3 Å². The van der Waals surface area contributed by atoms with Gasteiger partial charge in [0.1, 0.15) is 28.7 Å². The molecular weight excluding hydrogens is 885 g/mol. The van der Waals surface area contributed by atoms with Crippen molar-refractivity contribution in [1.82, 2.24) is 10.6 Å². The van der Waals surface area contributed by atoms with E-state index in [4.69, 9.17) is 37.4 Å². The Morgan fingerprint density at radius 3 is 1.46 bits per heavy atom. The fraction of sp³-hybridized carbons (Fsp3) is 0.325. The quantitative estimate of drug-likeness (QED) is 0.0670. The van der Waals surface area contributed by atoms with Crippen LogP contribution in [0.1, 0.15) is 88.6 Å². The third kappa shape index (κ3) is 14.7. The van der Waals surface area contributed by atoms with E-state index in [0.29, 0.717) is 0 Å². The Labute approximate surface area is 356 Å². The number of carbonyl (C=O) groups excluding carboxylic acids is 3. The lowest BCUT2D eigenvalue weighted by atomic mass is 10.1. The number of nitrogens with zero attached hydrogens (tertiary/aromatic N) is 2. The van der Waals surface area contributed by atoms with Gasteiger partial charge in [0.05, 0.1) is 30.8 Å². The van der Waals surface area contributed by atoms with E-state index in [1.807, 2.05) is 0 Å². The second-order valence-corrected chi connectivity index (χ2v) is 17.5. The second-order valence-electron chi connectivity index (χ2n) is 15.8. The van der Waals surface area contributed by atoms with Crippen LogP contribution >= 0.6 is 39.1 Å². The van der Waals surface area contributed by atoms with E-state index in [1.54, 1.807) is 62.3 Å². The molecule has 0 fully saturated rings. The zero-order valence-electron chi connectivity index (χ0n) is 33.3. The topological polar surface area (TPSA) is 189 Å². The van der Waals surface area contributed by atoms with Gasteiger partial charge in [0.25, 0.3) is 11.8 Å². The van der Waals surface area contributed by atoms with Gasteiger partial charge in [0.2, 0.25) is 11.5 Å². The predicted molar refractivity (Wildman–Crippen MR) is 221 cm³/mol. The van der Waals surface area contributed by atoms with Crippen LogP contribution < -0.4 is 20.1 Å². The van der Waals surface area contributed by atoms with Gasteiger partial charge in [-0.2, -0.15) is 0 Å². The summed E-state index contributed by atoms with van der Waals surface area (Å²) in [4.78, 5) is 58.0. The van der Waals surface area contributed by atoms with Crippen LogP contribution in [0.4, 0.5) is 20.2 Å². The Kier molecular flexibility index (Phi) is 15.5. The van der Waals surface area contributed by atoms with Gasteiger partial charge >= 0.3 is 17.3 Å². The maximum atomic E-state index is 14.6. The SMILES string of the molecule is CC(C)(C)NC(=O)c1ccc(Oc2cc(F)c(Br)cc2Cl)c([N+](=O)[O-])c1.CC(C)(C)NC(=O)c1ccc(Oc2cc(F)c(CC(=O)OC(C)(C)C)cc2Cl)c([N+](=O)[O-])c1. The van der Waals surface area contributed by atoms with E-state index < -0.39 is 67.3 Å². The highest BCUT2D eigenvalue weighted by Crippen LogP contribution is 2.39. The Balaban J connectivity index is 0.000000324. The van der Waals surface area contributed by atoms with Crippen LogP contribution in [0.2, 0.25) is 10.0 Å². The van der Waals surface area contributed by atoms with Gasteiger partial charge < -0.3 is 24.8 Å². The highest BCUT2D eigenvalue weighted by atomic mass is 79.9. The monoisotopic (exact) mass is 924 g/mol. The molecule has 0 aliphatic heterocycles. The number of ether oxygens (including phenoxy) is 3. The van der Waals surface area contributed by atoms with Gasteiger partial charge in [0, 0.05) is 52.0 Å². The maximum Gasteiger partial charge on any atom is 0.312 e. The molecule has 0 aliphatic rings. The van der Waals surface area contributed by atoms with Crippen LogP contribution in [-0.2, 0) is 16.0 Å². The van der Waals surface area contributed by atoms with Crippen LogP contribution in [0.5, 0.6) is 23.0 Å². The number of nitro benzene ring substituents is 2. The van der Waals surface area contributed by atoms with Crippen LogP contribution in [0, 0.1) is 31.9 Å². The van der Waals surface area contributed by atoms with Crippen LogP contribution in [-0.4, -0.2) is 44.3 Å². The Bertz CT molecular complexity index is 2290. The van der Waals surface area contributed by atoms with Crippen molar-refractivity contribution in [3.63, 3.8) is 0 Å². The first-order valence-corrected chi connectivity index (χ1v) is 19.0. The molecule has 19 heteroatoms. The number of nitrogens with one attached hydrogen (secondary N) is 2. The summed E-state index contributed by atoms with van der Waals surface area (Å²) in [5, 5.41) is 28.3. The van der Waals surface area contributed by atoms with E-state index >= 15 is 0 Å². The third-order valence-electron chi connectivity index (χ3n) is 7.08. The Hall–Kier alpha value is -5.39. The van der Waals surface area contributed by atoms with Gasteiger partial charge in [0.15, 0.2) is 0 Å². The van der Waals surface area contributed by atoms with Crippen molar-refractivity contribution in [3.8, 4) is 23.0 Å². The van der Waals surface area contributed by atoms with Crippen LogP contribution in [0.3, 0.4) is 0 Å². The van der Waals surface area contributed by atoms with Crippen molar-refractivity contribution in [1.29, 1.82) is 0 Å². The van der Waals surface area contributed by atoms with E-state index in [1.165, 1.54) is 36.4 Å². The van der Waals surface area contributed by atoms with Crippen LogP contribution in [0.15, 0.2) is 65.1 Å². The first kappa shape index (κ1) is 48.0. The zero-order chi connectivity index (χ0) is 44.8. The first-order valence-electron chi connectivity index (χ1n) is 17.5. The van der Waals surface area contributed by atoms with Crippen molar-refractivity contribution < 1.29 is 47.2 Å². The number of benzene rings is 4.